The molecule has 1 atom stereocenters. The van der Waals surface area contributed by atoms with Crippen molar-refractivity contribution in [1.29, 1.82) is 0 Å². The zero-order chi connectivity index (χ0) is 18.3. The van der Waals surface area contributed by atoms with Crippen molar-refractivity contribution in [3.63, 3.8) is 0 Å². The topological polar surface area (TPSA) is 78.5 Å². The molecule has 6 heteroatoms. The van der Waals surface area contributed by atoms with Gasteiger partial charge in [-0.05, 0) is 50.1 Å². The van der Waals surface area contributed by atoms with Crippen molar-refractivity contribution in [3.05, 3.63) is 53.6 Å². The maximum atomic E-state index is 12.6. The van der Waals surface area contributed by atoms with Crippen molar-refractivity contribution >= 4 is 34.7 Å². The highest BCUT2D eigenvalue weighted by Crippen LogP contribution is 2.37. The van der Waals surface area contributed by atoms with Crippen molar-refractivity contribution in [2.45, 2.75) is 25.8 Å². The fourth-order valence-electron chi connectivity index (χ4n) is 3.59. The van der Waals surface area contributed by atoms with Gasteiger partial charge in [0, 0.05) is 23.4 Å². The molecule has 2 aliphatic heterocycles. The first-order valence-electron chi connectivity index (χ1n) is 8.67. The summed E-state index contributed by atoms with van der Waals surface area (Å²) in [6.45, 7) is 2.34. The lowest BCUT2D eigenvalue weighted by Gasteiger charge is -2.33. The van der Waals surface area contributed by atoms with Crippen molar-refractivity contribution in [1.82, 2.24) is 0 Å². The fourth-order valence-corrected chi connectivity index (χ4v) is 3.59. The van der Waals surface area contributed by atoms with Gasteiger partial charge in [-0.1, -0.05) is 12.1 Å². The predicted molar refractivity (Wildman–Crippen MR) is 99.8 cm³/mol. The minimum absolute atomic E-state index is 0.0123. The molecule has 0 aromatic heterocycles. The Bertz CT molecular complexity index is 922. The highest BCUT2D eigenvalue weighted by atomic mass is 16.2. The summed E-state index contributed by atoms with van der Waals surface area (Å²) in [7, 11) is 0. The summed E-state index contributed by atoms with van der Waals surface area (Å²) in [5, 5.41) is 5.71. The van der Waals surface area contributed by atoms with E-state index >= 15 is 0 Å². The number of nitrogens with zero attached hydrogens (tertiary/aromatic N) is 1. The first kappa shape index (κ1) is 16.3. The van der Waals surface area contributed by atoms with Crippen molar-refractivity contribution in [3.8, 4) is 0 Å². The van der Waals surface area contributed by atoms with Crippen LogP contribution >= 0.6 is 0 Å². The quantitative estimate of drug-likeness (QED) is 0.835. The van der Waals surface area contributed by atoms with E-state index in [9.17, 15) is 14.4 Å². The molecule has 0 aliphatic carbocycles. The molecular weight excluding hydrogens is 330 g/mol. The van der Waals surface area contributed by atoms with Crippen LogP contribution < -0.4 is 15.5 Å². The van der Waals surface area contributed by atoms with E-state index in [4.69, 9.17) is 0 Å². The second-order valence-electron chi connectivity index (χ2n) is 6.66. The van der Waals surface area contributed by atoms with Gasteiger partial charge in [0.25, 0.3) is 5.91 Å². The average Bonchev–Trinajstić information content (AvgIpc) is 3.12. The van der Waals surface area contributed by atoms with Gasteiger partial charge in [-0.15, -0.1) is 0 Å². The monoisotopic (exact) mass is 349 g/mol. The van der Waals surface area contributed by atoms with E-state index in [0.717, 1.165) is 25.1 Å². The molecule has 132 valence electrons. The number of Topliss-reactive ketones (excluding diaryl/α,β-unsaturated/α-hetero) is 1. The molecule has 4 rings (SSSR count). The Hall–Kier alpha value is -3.15. The molecule has 2 amide bonds. The maximum Gasteiger partial charge on any atom is 0.255 e. The molecule has 2 aromatic rings. The second kappa shape index (κ2) is 6.29. The Morgan fingerprint density at radius 3 is 2.81 bits per heavy atom. The van der Waals surface area contributed by atoms with Crippen LogP contribution in [0, 0.1) is 0 Å². The first-order valence-corrected chi connectivity index (χ1v) is 8.67. The number of amides is 2. The Kier molecular flexibility index (Phi) is 3.95. The molecule has 0 radical (unpaired) electrons. The minimum Gasteiger partial charge on any atom is -0.358 e. The van der Waals surface area contributed by atoms with Gasteiger partial charge < -0.3 is 15.5 Å². The number of carbonyl (C=O) groups is 3. The van der Waals surface area contributed by atoms with Crippen molar-refractivity contribution < 1.29 is 14.4 Å². The number of carbonyl (C=O) groups excluding carboxylic acids is 3. The van der Waals surface area contributed by atoms with Gasteiger partial charge in [-0.3, -0.25) is 14.4 Å². The second-order valence-corrected chi connectivity index (χ2v) is 6.66. The van der Waals surface area contributed by atoms with Crippen LogP contribution in [0.3, 0.4) is 0 Å². The van der Waals surface area contributed by atoms with Gasteiger partial charge in [0.15, 0.2) is 5.78 Å². The summed E-state index contributed by atoms with van der Waals surface area (Å²) in [5.74, 6) is -0.356. The Morgan fingerprint density at radius 2 is 2.00 bits per heavy atom. The molecule has 2 heterocycles. The number of rotatable bonds is 3. The normalized spacial score (nSPS) is 18.0. The minimum atomic E-state index is -0.286. The molecule has 6 nitrogen and oxygen atoms in total. The van der Waals surface area contributed by atoms with Gasteiger partial charge in [-0.25, -0.2) is 0 Å². The number of fused-ring (bicyclic) bond motifs is 3. The van der Waals surface area contributed by atoms with Crippen molar-refractivity contribution in [2.75, 3.05) is 22.1 Å². The maximum absolute atomic E-state index is 12.6. The molecule has 0 unspecified atom stereocenters. The summed E-state index contributed by atoms with van der Waals surface area (Å²) in [4.78, 5) is 38.4. The van der Waals surface area contributed by atoms with E-state index in [1.165, 1.54) is 6.92 Å². The molecule has 26 heavy (non-hydrogen) atoms. The number of ketones is 1. The van der Waals surface area contributed by atoms with E-state index in [0.29, 0.717) is 22.5 Å². The number of hydrogen-bond donors (Lipinski definition) is 2. The number of hydrogen-bond acceptors (Lipinski definition) is 4. The molecule has 1 fully saturated rings. The third-order valence-corrected chi connectivity index (χ3v) is 4.91. The predicted octanol–water partition coefficient (Wildman–Crippen LogP) is 3.06. The van der Waals surface area contributed by atoms with Gasteiger partial charge in [0.1, 0.15) is 6.04 Å². The van der Waals surface area contributed by atoms with Crippen LogP contribution in [-0.4, -0.2) is 30.2 Å². The number of benzene rings is 2. The molecule has 0 saturated carbocycles. The van der Waals surface area contributed by atoms with E-state index in [-0.39, 0.29) is 23.6 Å². The zero-order valence-corrected chi connectivity index (χ0v) is 14.4. The number of nitrogens with one attached hydrogen (secondary N) is 2. The number of anilines is 3. The Balaban J connectivity index is 1.58. The average molecular weight is 349 g/mol. The van der Waals surface area contributed by atoms with Gasteiger partial charge >= 0.3 is 0 Å². The fraction of sp³-hybridized carbons (Fsp3) is 0.250. The van der Waals surface area contributed by atoms with Crippen molar-refractivity contribution in [2.24, 2.45) is 0 Å². The summed E-state index contributed by atoms with van der Waals surface area (Å²) in [5.41, 5.74) is 3.18. The summed E-state index contributed by atoms with van der Waals surface area (Å²) >= 11 is 0. The van der Waals surface area contributed by atoms with E-state index in [1.807, 2.05) is 6.07 Å². The van der Waals surface area contributed by atoms with Crippen LogP contribution in [0.15, 0.2) is 42.5 Å². The molecule has 2 N–H and O–H groups in total. The standard InChI is InChI=1S/C20H19N3O3/c1-12(24)13-4-2-5-15(10-13)21-19(25)14-7-8-17-16(11-14)22-20(26)18-6-3-9-23(17)18/h2,4-5,7-8,10-11,18H,3,6,9H2,1H3,(H,21,25)(H,22,26)/t18-/m0/s1. The van der Waals surface area contributed by atoms with Gasteiger partial charge in [-0.2, -0.15) is 0 Å². The molecule has 0 bridgehead atoms. The molecule has 2 aliphatic rings. The van der Waals surface area contributed by atoms with Crippen LogP contribution in [0.4, 0.5) is 17.1 Å². The summed E-state index contributed by atoms with van der Waals surface area (Å²) in [6, 6.07) is 12.1. The smallest absolute Gasteiger partial charge is 0.255 e. The van der Waals surface area contributed by atoms with Crippen LogP contribution in [0.2, 0.25) is 0 Å². The van der Waals surface area contributed by atoms with E-state index in [1.54, 1.807) is 36.4 Å². The lowest BCUT2D eigenvalue weighted by Crippen LogP contribution is -2.43. The third kappa shape index (κ3) is 2.83. The van der Waals surface area contributed by atoms with Gasteiger partial charge in [0.05, 0.1) is 11.4 Å². The summed E-state index contributed by atoms with van der Waals surface area (Å²) < 4.78 is 0. The van der Waals surface area contributed by atoms with Crippen LogP contribution in [0.5, 0.6) is 0 Å². The third-order valence-electron chi connectivity index (χ3n) is 4.91. The lowest BCUT2D eigenvalue weighted by atomic mass is 10.1. The Morgan fingerprint density at radius 1 is 1.15 bits per heavy atom. The van der Waals surface area contributed by atoms with Crippen LogP contribution in [0.25, 0.3) is 0 Å². The first-order chi connectivity index (χ1) is 12.5. The zero-order valence-electron chi connectivity index (χ0n) is 14.4. The summed E-state index contributed by atoms with van der Waals surface area (Å²) in [6.07, 6.45) is 1.85. The van der Waals surface area contributed by atoms with Crippen LogP contribution in [-0.2, 0) is 4.79 Å². The van der Waals surface area contributed by atoms with Gasteiger partial charge in [0.2, 0.25) is 5.91 Å². The molecule has 1 saturated heterocycles. The van der Waals surface area contributed by atoms with E-state index in [2.05, 4.69) is 15.5 Å². The molecule has 2 aromatic carbocycles. The molecule has 0 spiro atoms. The SMILES string of the molecule is CC(=O)c1cccc(NC(=O)c2ccc3c(c2)NC(=O)[C@@H]2CCCN32)c1. The molecular formula is C20H19N3O3. The van der Waals surface area contributed by atoms with Crippen LogP contribution in [0.1, 0.15) is 40.5 Å². The largest absolute Gasteiger partial charge is 0.358 e. The highest BCUT2D eigenvalue weighted by Gasteiger charge is 2.36. The lowest BCUT2D eigenvalue weighted by molar-refractivity contribution is -0.117. The Labute approximate surface area is 151 Å². The highest BCUT2D eigenvalue weighted by molar-refractivity contribution is 6.09. The van der Waals surface area contributed by atoms with E-state index < -0.39 is 0 Å².